The van der Waals surface area contributed by atoms with E-state index in [2.05, 4.69) is 4.18 Å². The Kier molecular flexibility index (Phi) is 3.10. The van der Waals surface area contributed by atoms with Gasteiger partial charge in [0.2, 0.25) is 0 Å². The summed E-state index contributed by atoms with van der Waals surface area (Å²) in [5, 5.41) is 9.72. The Morgan fingerprint density at radius 1 is 1.39 bits per heavy atom. The SMILES string of the molecule is CS(=O)(=O)OCc1ccc2ccn(C(=O)O)c2c1. The van der Waals surface area contributed by atoms with E-state index in [1.165, 1.54) is 6.20 Å². The molecule has 0 saturated carbocycles. The Hall–Kier alpha value is -1.86. The van der Waals surface area contributed by atoms with Crippen molar-refractivity contribution in [3.8, 4) is 0 Å². The van der Waals surface area contributed by atoms with Crippen LogP contribution < -0.4 is 0 Å². The average Bonchev–Trinajstić information content (AvgIpc) is 2.68. The monoisotopic (exact) mass is 269 g/mol. The maximum atomic E-state index is 10.9. The fourth-order valence-corrected chi connectivity index (χ4v) is 1.96. The normalized spacial score (nSPS) is 11.8. The quantitative estimate of drug-likeness (QED) is 0.856. The molecule has 1 heterocycles. The van der Waals surface area contributed by atoms with E-state index in [1.54, 1.807) is 24.3 Å². The van der Waals surface area contributed by atoms with Gasteiger partial charge in [0, 0.05) is 11.6 Å². The van der Waals surface area contributed by atoms with Crippen LogP contribution in [0.4, 0.5) is 4.79 Å². The predicted octanol–water partition coefficient (Wildman–Crippen LogP) is 1.64. The van der Waals surface area contributed by atoms with Gasteiger partial charge in [-0.05, 0) is 17.7 Å². The van der Waals surface area contributed by atoms with Gasteiger partial charge in [0.25, 0.3) is 10.1 Å². The Balaban J connectivity index is 2.36. The van der Waals surface area contributed by atoms with E-state index in [-0.39, 0.29) is 6.61 Å². The summed E-state index contributed by atoms with van der Waals surface area (Å²) < 4.78 is 27.5. The van der Waals surface area contributed by atoms with Crippen LogP contribution in [0.2, 0.25) is 0 Å². The van der Waals surface area contributed by atoms with Crippen molar-refractivity contribution in [3.05, 3.63) is 36.0 Å². The Morgan fingerprint density at radius 2 is 2.11 bits per heavy atom. The van der Waals surface area contributed by atoms with E-state index < -0.39 is 16.2 Å². The van der Waals surface area contributed by atoms with Crippen LogP contribution in [0, 0.1) is 0 Å². The minimum absolute atomic E-state index is 0.112. The topological polar surface area (TPSA) is 85.6 Å². The summed E-state index contributed by atoms with van der Waals surface area (Å²) in [6.45, 7) is -0.112. The lowest BCUT2D eigenvalue weighted by molar-refractivity contribution is 0.197. The first kappa shape index (κ1) is 12.6. The number of rotatable bonds is 3. The van der Waals surface area contributed by atoms with Crippen molar-refractivity contribution in [1.29, 1.82) is 0 Å². The van der Waals surface area contributed by atoms with E-state index >= 15 is 0 Å². The van der Waals surface area contributed by atoms with Gasteiger partial charge in [0.1, 0.15) is 0 Å². The summed E-state index contributed by atoms with van der Waals surface area (Å²) in [4.78, 5) is 10.9. The van der Waals surface area contributed by atoms with Gasteiger partial charge < -0.3 is 5.11 Å². The number of benzene rings is 1. The minimum Gasteiger partial charge on any atom is -0.464 e. The van der Waals surface area contributed by atoms with Crippen LogP contribution in [0.1, 0.15) is 5.56 Å². The third-order valence-electron chi connectivity index (χ3n) is 2.40. The highest BCUT2D eigenvalue weighted by molar-refractivity contribution is 7.85. The fourth-order valence-electron chi connectivity index (χ4n) is 1.61. The molecule has 0 saturated heterocycles. The number of fused-ring (bicyclic) bond motifs is 1. The summed E-state index contributed by atoms with van der Waals surface area (Å²) >= 11 is 0. The highest BCUT2D eigenvalue weighted by Gasteiger charge is 2.08. The third kappa shape index (κ3) is 2.69. The molecule has 2 aromatic rings. The van der Waals surface area contributed by atoms with E-state index in [1.807, 2.05) is 0 Å². The van der Waals surface area contributed by atoms with Gasteiger partial charge in [0.05, 0.1) is 18.4 Å². The van der Waals surface area contributed by atoms with Crippen LogP contribution in [-0.2, 0) is 20.9 Å². The molecule has 7 heteroatoms. The zero-order chi connectivity index (χ0) is 13.3. The van der Waals surface area contributed by atoms with Gasteiger partial charge in [-0.25, -0.2) is 4.79 Å². The van der Waals surface area contributed by atoms with Crippen molar-refractivity contribution >= 4 is 27.1 Å². The maximum Gasteiger partial charge on any atom is 0.415 e. The predicted molar refractivity (Wildman–Crippen MR) is 65.0 cm³/mol. The molecule has 0 bridgehead atoms. The van der Waals surface area contributed by atoms with Gasteiger partial charge in [-0.3, -0.25) is 8.75 Å². The molecule has 0 aliphatic rings. The van der Waals surface area contributed by atoms with E-state index in [9.17, 15) is 13.2 Å². The number of nitrogens with zero attached hydrogens (tertiary/aromatic N) is 1. The second-order valence-corrected chi connectivity index (χ2v) is 5.47. The average molecular weight is 269 g/mol. The van der Waals surface area contributed by atoms with Crippen molar-refractivity contribution in [2.24, 2.45) is 0 Å². The third-order valence-corrected chi connectivity index (χ3v) is 2.95. The zero-order valence-electron chi connectivity index (χ0n) is 9.53. The molecular weight excluding hydrogens is 258 g/mol. The molecule has 0 aliphatic heterocycles. The molecule has 1 aromatic carbocycles. The Labute approximate surface area is 104 Å². The smallest absolute Gasteiger partial charge is 0.415 e. The largest absolute Gasteiger partial charge is 0.464 e. The fraction of sp³-hybridized carbons (Fsp3) is 0.182. The van der Waals surface area contributed by atoms with Crippen LogP contribution >= 0.6 is 0 Å². The molecule has 0 aliphatic carbocycles. The molecule has 1 aromatic heterocycles. The Bertz CT molecular complexity index is 701. The molecule has 1 N–H and O–H groups in total. The molecule has 2 rings (SSSR count). The van der Waals surface area contributed by atoms with Gasteiger partial charge >= 0.3 is 6.09 Å². The standard InChI is InChI=1S/C11H11NO5S/c1-18(15,16)17-7-8-2-3-9-4-5-12(11(13)14)10(9)6-8/h2-6H,7H2,1H3,(H,13,14). The van der Waals surface area contributed by atoms with Gasteiger partial charge in [-0.2, -0.15) is 8.42 Å². The number of aromatic nitrogens is 1. The number of carboxylic acid groups (broad SMARTS) is 1. The van der Waals surface area contributed by atoms with Crippen LogP contribution in [0.5, 0.6) is 0 Å². The van der Waals surface area contributed by atoms with E-state index in [0.717, 1.165) is 16.2 Å². The molecule has 0 radical (unpaired) electrons. The first-order valence-corrected chi connectivity index (χ1v) is 6.86. The van der Waals surface area contributed by atoms with Gasteiger partial charge in [0.15, 0.2) is 0 Å². The lowest BCUT2D eigenvalue weighted by Crippen LogP contribution is -2.06. The van der Waals surface area contributed by atoms with Crippen LogP contribution in [0.25, 0.3) is 10.9 Å². The lowest BCUT2D eigenvalue weighted by atomic mass is 10.2. The Morgan fingerprint density at radius 3 is 2.72 bits per heavy atom. The summed E-state index contributed by atoms with van der Waals surface area (Å²) in [5.41, 5.74) is 1.09. The summed E-state index contributed by atoms with van der Waals surface area (Å²) in [6, 6.07) is 6.68. The first-order valence-electron chi connectivity index (χ1n) is 5.04. The summed E-state index contributed by atoms with van der Waals surface area (Å²) in [6.07, 6.45) is 1.31. The second-order valence-electron chi connectivity index (χ2n) is 3.83. The van der Waals surface area contributed by atoms with Crippen molar-refractivity contribution in [2.75, 3.05) is 6.26 Å². The van der Waals surface area contributed by atoms with Crippen molar-refractivity contribution in [3.63, 3.8) is 0 Å². The van der Waals surface area contributed by atoms with E-state index in [0.29, 0.717) is 11.1 Å². The lowest BCUT2D eigenvalue weighted by Gasteiger charge is -2.03. The van der Waals surface area contributed by atoms with Gasteiger partial charge in [-0.15, -0.1) is 0 Å². The summed E-state index contributed by atoms with van der Waals surface area (Å²) in [5.74, 6) is 0. The maximum absolute atomic E-state index is 10.9. The van der Waals surface area contributed by atoms with Crippen molar-refractivity contribution in [2.45, 2.75) is 6.61 Å². The van der Waals surface area contributed by atoms with Crippen molar-refractivity contribution in [1.82, 2.24) is 4.57 Å². The number of carbonyl (C=O) groups is 1. The molecule has 0 unspecified atom stereocenters. The van der Waals surface area contributed by atoms with Crippen LogP contribution in [-0.4, -0.2) is 30.4 Å². The number of hydrogen-bond acceptors (Lipinski definition) is 4. The number of hydrogen-bond donors (Lipinski definition) is 1. The first-order chi connectivity index (χ1) is 8.37. The molecule has 0 spiro atoms. The highest BCUT2D eigenvalue weighted by atomic mass is 32.2. The summed E-state index contributed by atoms with van der Waals surface area (Å²) in [7, 11) is -3.51. The van der Waals surface area contributed by atoms with Crippen LogP contribution in [0.3, 0.4) is 0 Å². The molecule has 0 fully saturated rings. The zero-order valence-corrected chi connectivity index (χ0v) is 10.3. The van der Waals surface area contributed by atoms with E-state index in [4.69, 9.17) is 5.11 Å². The molecule has 6 nitrogen and oxygen atoms in total. The molecular formula is C11H11NO5S. The minimum atomic E-state index is -3.51. The second kappa shape index (κ2) is 4.43. The van der Waals surface area contributed by atoms with Crippen LogP contribution in [0.15, 0.2) is 30.5 Å². The molecule has 0 atom stereocenters. The molecule has 0 amide bonds. The highest BCUT2D eigenvalue weighted by Crippen LogP contribution is 2.18. The molecule has 18 heavy (non-hydrogen) atoms. The molecule has 96 valence electrons. The van der Waals surface area contributed by atoms with Gasteiger partial charge in [-0.1, -0.05) is 12.1 Å². The van der Waals surface area contributed by atoms with Crippen molar-refractivity contribution < 1.29 is 22.5 Å².